The Hall–Kier alpha value is -5.60. The molecular formula is C64H76N2. The first-order chi connectivity index (χ1) is 30.4. The average molecular weight is 873 g/mol. The molecule has 0 N–H and O–H groups in total. The van der Waals surface area contributed by atoms with Crippen LogP contribution >= 0.6 is 0 Å². The molecule has 0 aliphatic carbocycles. The maximum atomic E-state index is 5.44. The molecule has 2 heteroatoms. The van der Waals surface area contributed by atoms with E-state index in [-0.39, 0.29) is 32.5 Å². The maximum Gasteiger partial charge on any atom is 0.160 e. The Bertz CT molecular complexity index is 2470. The lowest BCUT2D eigenvalue weighted by atomic mass is 9.79. The first-order valence-electron chi connectivity index (χ1n) is 24.1. The van der Waals surface area contributed by atoms with E-state index in [1.165, 1.54) is 61.2 Å². The highest BCUT2D eigenvalue weighted by Gasteiger charge is 2.25. The fourth-order valence-electron chi connectivity index (χ4n) is 8.41. The zero-order valence-corrected chi connectivity index (χ0v) is 43.6. The molecule has 66 heavy (non-hydrogen) atoms. The summed E-state index contributed by atoms with van der Waals surface area (Å²) in [6, 6.07) is 50.3. The lowest BCUT2D eigenvalue weighted by Gasteiger charge is -2.26. The van der Waals surface area contributed by atoms with Gasteiger partial charge >= 0.3 is 0 Å². The molecule has 0 aliphatic rings. The monoisotopic (exact) mass is 873 g/mol. The summed E-state index contributed by atoms with van der Waals surface area (Å²) in [5, 5.41) is 0. The van der Waals surface area contributed by atoms with E-state index in [4.69, 9.17) is 9.97 Å². The molecule has 6 aromatic carbocycles. The maximum absolute atomic E-state index is 5.44. The van der Waals surface area contributed by atoms with Crippen LogP contribution in [0.2, 0.25) is 0 Å². The third-order valence-electron chi connectivity index (χ3n) is 13.2. The molecule has 0 amide bonds. The van der Waals surface area contributed by atoms with Gasteiger partial charge in [-0.2, -0.15) is 0 Å². The Morgan fingerprint density at radius 3 is 0.712 bits per heavy atom. The van der Waals surface area contributed by atoms with Crippen LogP contribution in [0.4, 0.5) is 0 Å². The van der Waals surface area contributed by atoms with Crippen LogP contribution in [-0.2, 0) is 32.5 Å². The minimum Gasteiger partial charge on any atom is -0.228 e. The largest absolute Gasteiger partial charge is 0.228 e. The standard InChI is InChI=1S/C64H76N2/c1-59(2,3)50-31-47(32-51(37-50)60(4,5)6)41-22-19-25-44(28-41)56-40-57(45-26-20-23-42(29-45)48-33-52(61(7,8)9)38-53(34-48)62(10,11)12)66-58(65-56)46-27-21-24-43(30-46)49-35-54(63(13,14)15)39-55(36-49)64(16,17)18/h19-40H,1-18H3. The van der Waals surface area contributed by atoms with Crippen molar-refractivity contribution in [1.82, 2.24) is 9.97 Å². The highest BCUT2D eigenvalue weighted by atomic mass is 14.9. The third-order valence-corrected chi connectivity index (χ3v) is 13.2. The lowest BCUT2D eigenvalue weighted by molar-refractivity contribution is 0.568. The Morgan fingerprint density at radius 2 is 0.455 bits per heavy atom. The molecule has 0 atom stereocenters. The van der Waals surface area contributed by atoms with Gasteiger partial charge in [-0.15, -0.1) is 0 Å². The van der Waals surface area contributed by atoms with Gasteiger partial charge in [0.2, 0.25) is 0 Å². The molecule has 0 fully saturated rings. The van der Waals surface area contributed by atoms with Gasteiger partial charge in [-0.1, -0.05) is 234 Å². The number of rotatable bonds is 6. The summed E-state index contributed by atoms with van der Waals surface area (Å²) in [5.74, 6) is 0.706. The molecule has 1 heterocycles. The van der Waals surface area contributed by atoms with Crippen LogP contribution in [0.5, 0.6) is 0 Å². The van der Waals surface area contributed by atoms with Crippen molar-refractivity contribution in [1.29, 1.82) is 0 Å². The predicted molar refractivity (Wildman–Crippen MR) is 287 cm³/mol. The Kier molecular flexibility index (Phi) is 12.6. The molecule has 0 saturated heterocycles. The van der Waals surface area contributed by atoms with Gasteiger partial charge in [0.25, 0.3) is 0 Å². The number of benzene rings is 6. The van der Waals surface area contributed by atoms with Crippen LogP contribution in [0.15, 0.2) is 133 Å². The molecule has 0 bridgehead atoms. The van der Waals surface area contributed by atoms with Crippen LogP contribution in [0.25, 0.3) is 67.3 Å². The van der Waals surface area contributed by atoms with Crippen molar-refractivity contribution in [2.24, 2.45) is 0 Å². The van der Waals surface area contributed by atoms with Gasteiger partial charge in [0.05, 0.1) is 11.4 Å². The van der Waals surface area contributed by atoms with Crippen molar-refractivity contribution >= 4 is 0 Å². The predicted octanol–water partition coefficient (Wildman–Crippen LogP) is 18.3. The van der Waals surface area contributed by atoms with Gasteiger partial charge < -0.3 is 0 Å². The first-order valence-corrected chi connectivity index (χ1v) is 24.1. The SMILES string of the molecule is CC(C)(C)c1cc(-c2cccc(-c3cc(-c4cccc(-c5cc(C(C)(C)C)cc(C(C)(C)C)c5)c4)nc(-c4cccc(-c5cc(C(C)(C)C)cc(C(C)(C)C)c5)c4)n3)c2)cc(C(C)(C)C)c1. The molecule has 342 valence electrons. The van der Waals surface area contributed by atoms with Gasteiger partial charge in [-0.05, 0) is 124 Å². The number of hydrogen-bond acceptors (Lipinski definition) is 2. The van der Waals surface area contributed by atoms with E-state index in [9.17, 15) is 0 Å². The van der Waals surface area contributed by atoms with Crippen molar-refractivity contribution in [2.45, 2.75) is 157 Å². The topological polar surface area (TPSA) is 25.8 Å². The second-order valence-electron chi connectivity index (χ2n) is 25.1. The molecule has 2 nitrogen and oxygen atoms in total. The Labute approximate surface area is 399 Å². The number of nitrogens with zero attached hydrogens (tertiary/aromatic N) is 2. The highest BCUT2D eigenvalue weighted by molar-refractivity contribution is 5.80. The van der Waals surface area contributed by atoms with E-state index < -0.39 is 0 Å². The van der Waals surface area contributed by atoms with Gasteiger partial charge in [0.15, 0.2) is 5.82 Å². The van der Waals surface area contributed by atoms with E-state index in [0.29, 0.717) is 5.82 Å². The molecule has 0 unspecified atom stereocenters. The van der Waals surface area contributed by atoms with E-state index >= 15 is 0 Å². The van der Waals surface area contributed by atoms with E-state index in [2.05, 4.69) is 258 Å². The second-order valence-corrected chi connectivity index (χ2v) is 25.1. The fourth-order valence-corrected chi connectivity index (χ4v) is 8.41. The normalized spacial score (nSPS) is 13.0. The van der Waals surface area contributed by atoms with Crippen LogP contribution in [0.3, 0.4) is 0 Å². The van der Waals surface area contributed by atoms with E-state index in [1.54, 1.807) is 0 Å². The molecule has 7 rings (SSSR count). The first kappa shape index (κ1) is 48.3. The summed E-state index contributed by atoms with van der Waals surface area (Å²) in [6.07, 6.45) is 0. The van der Waals surface area contributed by atoms with Crippen molar-refractivity contribution in [2.75, 3.05) is 0 Å². The van der Waals surface area contributed by atoms with Crippen molar-refractivity contribution in [3.05, 3.63) is 167 Å². The zero-order valence-electron chi connectivity index (χ0n) is 43.6. The summed E-state index contributed by atoms with van der Waals surface area (Å²) in [7, 11) is 0. The second kappa shape index (κ2) is 17.2. The van der Waals surface area contributed by atoms with Crippen molar-refractivity contribution < 1.29 is 0 Å². The van der Waals surface area contributed by atoms with E-state index in [1.807, 2.05) is 0 Å². The summed E-state index contributed by atoms with van der Waals surface area (Å²) in [5.41, 5.74) is 20.2. The quantitative estimate of drug-likeness (QED) is 0.166. The molecule has 0 saturated carbocycles. The van der Waals surface area contributed by atoms with Gasteiger partial charge in [-0.3, -0.25) is 0 Å². The van der Waals surface area contributed by atoms with Crippen LogP contribution in [0, 0.1) is 0 Å². The summed E-state index contributed by atoms with van der Waals surface area (Å²) < 4.78 is 0. The van der Waals surface area contributed by atoms with Gasteiger partial charge in [0.1, 0.15) is 0 Å². The van der Waals surface area contributed by atoms with E-state index in [0.717, 1.165) is 33.6 Å². The minimum absolute atomic E-state index is 0.00773. The molecule has 0 aliphatic heterocycles. The molecular weight excluding hydrogens is 797 g/mol. The smallest absolute Gasteiger partial charge is 0.160 e. The fraction of sp³-hybridized carbons (Fsp3) is 0.375. The lowest BCUT2D eigenvalue weighted by Crippen LogP contribution is -2.16. The molecule has 7 aromatic rings. The van der Waals surface area contributed by atoms with Crippen LogP contribution < -0.4 is 0 Å². The zero-order chi connectivity index (χ0) is 48.4. The van der Waals surface area contributed by atoms with Gasteiger partial charge in [0, 0.05) is 16.7 Å². The summed E-state index contributed by atoms with van der Waals surface area (Å²) in [6.45, 7) is 41.5. The summed E-state index contributed by atoms with van der Waals surface area (Å²) in [4.78, 5) is 10.9. The minimum atomic E-state index is 0.00773. The van der Waals surface area contributed by atoms with Crippen molar-refractivity contribution in [3.8, 4) is 67.3 Å². The Morgan fingerprint density at radius 1 is 0.227 bits per heavy atom. The highest BCUT2D eigenvalue weighted by Crippen LogP contribution is 2.40. The Balaban J connectivity index is 1.43. The van der Waals surface area contributed by atoms with Crippen molar-refractivity contribution in [3.63, 3.8) is 0 Å². The molecule has 0 spiro atoms. The average Bonchev–Trinajstić information content (AvgIpc) is 3.24. The molecule has 1 aromatic heterocycles. The molecule has 0 radical (unpaired) electrons. The number of aromatic nitrogens is 2. The van der Waals surface area contributed by atoms with Gasteiger partial charge in [-0.25, -0.2) is 9.97 Å². The number of hydrogen-bond donors (Lipinski definition) is 0. The third kappa shape index (κ3) is 11.0. The van der Waals surface area contributed by atoms with Crippen LogP contribution in [-0.4, -0.2) is 9.97 Å². The summed E-state index contributed by atoms with van der Waals surface area (Å²) >= 11 is 0. The van der Waals surface area contributed by atoms with Crippen LogP contribution in [0.1, 0.15) is 158 Å².